The molecule has 0 heterocycles. The molecule has 0 aliphatic rings. The summed E-state index contributed by atoms with van der Waals surface area (Å²) in [6.07, 6.45) is 1.84. The predicted molar refractivity (Wildman–Crippen MR) is 73.5 cm³/mol. The topological polar surface area (TPSA) is 35.2 Å². The highest BCUT2D eigenvalue weighted by atomic mass is 16.5. The number of nitrogens with two attached hydrogens (primary N) is 1. The molecule has 0 aromatic heterocycles. The minimum Gasteiger partial charge on any atom is -0.489 e. The van der Waals surface area contributed by atoms with Crippen LogP contribution in [-0.4, -0.2) is 12.6 Å². The molecule has 2 heteroatoms. The third kappa shape index (κ3) is 4.23. The third-order valence-corrected chi connectivity index (χ3v) is 2.76. The molecule has 0 bridgehead atoms. The molecule has 0 aliphatic heterocycles. The lowest BCUT2D eigenvalue weighted by atomic mass is 10.0. The van der Waals surface area contributed by atoms with E-state index in [4.69, 9.17) is 10.5 Å². The van der Waals surface area contributed by atoms with Crippen LogP contribution in [0.2, 0.25) is 0 Å². The van der Waals surface area contributed by atoms with Gasteiger partial charge in [-0.15, -0.1) is 0 Å². The molecular formula is C15H23NO. The number of aryl methyl sites for hydroxylation is 1. The summed E-state index contributed by atoms with van der Waals surface area (Å²) in [5, 5.41) is 0. The van der Waals surface area contributed by atoms with Crippen LogP contribution in [0.1, 0.15) is 31.4 Å². The van der Waals surface area contributed by atoms with Gasteiger partial charge in [0.1, 0.15) is 12.4 Å². The first-order valence-electron chi connectivity index (χ1n) is 6.15. The Bertz CT molecular complexity index is 385. The van der Waals surface area contributed by atoms with E-state index in [2.05, 4.69) is 38.6 Å². The highest BCUT2D eigenvalue weighted by molar-refractivity contribution is 5.41. The normalized spacial score (nSPS) is 12.2. The van der Waals surface area contributed by atoms with Crippen molar-refractivity contribution in [2.45, 2.75) is 39.7 Å². The number of para-hydroxylation sites is 1. The molecule has 0 fully saturated rings. The summed E-state index contributed by atoms with van der Waals surface area (Å²) in [5.74, 6) is 0.972. The molecule has 1 aromatic carbocycles. The van der Waals surface area contributed by atoms with Crippen molar-refractivity contribution in [3.63, 3.8) is 0 Å². The highest BCUT2D eigenvalue weighted by Gasteiger charge is 2.10. The van der Waals surface area contributed by atoms with Crippen LogP contribution in [0.25, 0.3) is 0 Å². The number of hydrogen-bond acceptors (Lipinski definition) is 2. The Hall–Kier alpha value is -1.28. The molecule has 1 atom stereocenters. The molecule has 1 unspecified atom stereocenters. The summed E-state index contributed by atoms with van der Waals surface area (Å²) in [4.78, 5) is 0. The fraction of sp³-hybridized carbons (Fsp3) is 0.467. The lowest BCUT2D eigenvalue weighted by molar-refractivity contribution is 0.345. The van der Waals surface area contributed by atoms with Crippen LogP contribution in [-0.2, 0) is 6.42 Å². The van der Waals surface area contributed by atoms with Gasteiger partial charge >= 0.3 is 0 Å². The molecule has 94 valence electrons. The van der Waals surface area contributed by atoms with E-state index in [1.165, 1.54) is 5.56 Å². The summed E-state index contributed by atoms with van der Waals surface area (Å²) in [7, 11) is 0. The maximum atomic E-state index is 6.01. The standard InChI is InChI=1S/C15H23NO/c1-5-14(16)9-13-8-6-7-12(4)15(13)17-10-11(2)3/h6-8,14H,2,5,9-10,16H2,1,3-4H3. The van der Waals surface area contributed by atoms with Gasteiger partial charge in [0.05, 0.1) is 0 Å². The molecule has 0 aliphatic carbocycles. The van der Waals surface area contributed by atoms with Gasteiger partial charge in [0, 0.05) is 6.04 Å². The molecule has 1 rings (SSSR count). The van der Waals surface area contributed by atoms with Crippen molar-refractivity contribution in [3.8, 4) is 5.75 Å². The van der Waals surface area contributed by atoms with Crippen LogP contribution in [0.5, 0.6) is 5.75 Å². The third-order valence-electron chi connectivity index (χ3n) is 2.76. The summed E-state index contributed by atoms with van der Waals surface area (Å²) in [6.45, 7) is 10.6. The van der Waals surface area contributed by atoms with Gasteiger partial charge < -0.3 is 10.5 Å². The Labute approximate surface area is 104 Å². The summed E-state index contributed by atoms with van der Waals surface area (Å²) in [6, 6.07) is 6.41. The monoisotopic (exact) mass is 233 g/mol. The smallest absolute Gasteiger partial charge is 0.125 e. The zero-order valence-electron chi connectivity index (χ0n) is 11.1. The van der Waals surface area contributed by atoms with Gasteiger partial charge in [-0.25, -0.2) is 0 Å². The zero-order chi connectivity index (χ0) is 12.8. The fourth-order valence-corrected chi connectivity index (χ4v) is 1.70. The highest BCUT2D eigenvalue weighted by Crippen LogP contribution is 2.25. The molecule has 0 radical (unpaired) electrons. The van der Waals surface area contributed by atoms with Gasteiger partial charge in [0.2, 0.25) is 0 Å². The minimum atomic E-state index is 0.198. The van der Waals surface area contributed by atoms with Crippen molar-refractivity contribution in [3.05, 3.63) is 41.5 Å². The molecule has 2 N–H and O–H groups in total. The molecule has 0 saturated carbocycles. The van der Waals surface area contributed by atoms with Gasteiger partial charge in [0.15, 0.2) is 0 Å². The molecule has 17 heavy (non-hydrogen) atoms. The fourth-order valence-electron chi connectivity index (χ4n) is 1.70. The first-order chi connectivity index (χ1) is 8.04. The predicted octanol–water partition coefficient (Wildman–Crippen LogP) is 3.23. The number of hydrogen-bond donors (Lipinski definition) is 1. The molecule has 2 nitrogen and oxygen atoms in total. The van der Waals surface area contributed by atoms with E-state index in [1.807, 2.05) is 6.92 Å². The van der Waals surface area contributed by atoms with E-state index in [-0.39, 0.29) is 6.04 Å². The molecule has 0 amide bonds. The number of ether oxygens (including phenoxy) is 1. The molecule has 1 aromatic rings. The van der Waals surface area contributed by atoms with Crippen molar-refractivity contribution < 1.29 is 4.74 Å². The summed E-state index contributed by atoms with van der Waals surface area (Å²) < 4.78 is 5.82. The molecular weight excluding hydrogens is 210 g/mol. The quantitative estimate of drug-likeness (QED) is 0.766. The van der Waals surface area contributed by atoms with Crippen molar-refractivity contribution in [2.75, 3.05) is 6.61 Å². The summed E-state index contributed by atoms with van der Waals surface area (Å²) >= 11 is 0. The SMILES string of the molecule is C=C(C)COc1c(C)cccc1CC(N)CC. The van der Waals surface area contributed by atoms with E-state index in [0.717, 1.165) is 29.7 Å². The number of rotatable bonds is 6. The van der Waals surface area contributed by atoms with Crippen LogP contribution in [0.3, 0.4) is 0 Å². The van der Waals surface area contributed by atoms with E-state index >= 15 is 0 Å². The number of benzene rings is 1. The lowest BCUT2D eigenvalue weighted by Gasteiger charge is -2.16. The van der Waals surface area contributed by atoms with Crippen molar-refractivity contribution in [1.82, 2.24) is 0 Å². The second-order valence-electron chi connectivity index (χ2n) is 4.68. The Kier molecular flexibility index (Phi) is 5.23. The van der Waals surface area contributed by atoms with Crippen molar-refractivity contribution in [2.24, 2.45) is 5.73 Å². The van der Waals surface area contributed by atoms with Gasteiger partial charge in [-0.1, -0.05) is 31.7 Å². The van der Waals surface area contributed by atoms with Crippen LogP contribution in [0.4, 0.5) is 0 Å². The van der Waals surface area contributed by atoms with E-state index < -0.39 is 0 Å². The van der Waals surface area contributed by atoms with Gasteiger partial charge in [-0.05, 0) is 43.4 Å². The molecule has 0 saturated heterocycles. The second kappa shape index (κ2) is 6.45. The maximum absolute atomic E-state index is 6.01. The first kappa shape index (κ1) is 13.8. The van der Waals surface area contributed by atoms with Crippen molar-refractivity contribution >= 4 is 0 Å². The molecule has 0 spiro atoms. The van der Waals surface area contributed by atoms with Gasteiger partial charge in [0.25, 0.3) is 0 Å². The zero-order valence-corrected chi connectivity index (χ0v) is 11.1. The second-order valence-corrected chi connectivity index (χ2v) is 4.68. The Balaban J connectivity index is 2.87. The Morgan fingerprint density at radius 3 is 2.76 bits per heavy atom. The minimum absolute atomic E-state index is 0.198. The van der Waals surface area contributed by atoms with E-state index in [0.29, 0.717) is 6.61 Å². The first-order valence-corrected chi connectivity index (χ1v) is 6.15. The van der Waals surface area contributed by atoms with Gasteiger partial charge in [-0.2, -0.15) is 0 Å². The van der Waals surface area contributed by atoms with E-state index in [1.54, 1.807) is 0 Å². The van der Waals surface area contributed by atoms with Crippen LogP contribution in [0, 0.1) is 6.92 Å². The maximum Gasteiger partial charge on any atom is 0.125 e. The largest absolute Gasteiger partial charge is 0.489 e. The van der Waals surface area contributed by atoms with Gasteiger partial charge in [-0.3, -0.25) is 0 Å². The van der Waals surface area contributed by atoms with Crippen molar-refractivity contribution in [1.29, 1.82) is 0 Å². The summed E-state index contributed by atoms with van der Waals surface area (Å²) in [5.41, 5.74) is 9.39. The van der Waals surface area contributed by atoms with Crippen LogP contribution >= 0.6 is 0 Å². The van der Waals surface area contributed by atoms with Crippen LogP contribution in [0.15, 0.2) is 30.4 Å². The lowest BCUT2D eigenvalue weighted by Crippen LogP contribution is -2.22. The average molecular weight is 233 g/mol. The van der Waals surface area contributed by atoms with Crippen LogP contribution < -0.4 is 10.5 Å². The van der Waals surface area contributed by atoms with E-state index in [9.17, 15) is 0 Å². The Morgan fingerprint density at radius 2 is 2.18 bits per heavy atom. The Morgan fingerprint density at radius 1 is 1.47 bits per heavy atom. The average Bonchev–Trinajstić information content (AvgIpc) is 2.27.